The number of anilines is 1. The molecule has 1 saturated carbocycles. The van der Waals surface area contributed by atoms with Gasteiger partial charge in [-0.3, -0.25) is 0 Å². The van der Waals surface area contributed by atoms with Gasteiger partial charge < -0.3 is 9.88 Å². The molecular formula is C10H12N4S. The zero-order valence-electron chi connectivity index (χ0n) is 8.26. The Morgan fingerprint density at radius 2 is 2.33 bits per heavy atom. The van der Waals surface area contributed by atoms with Crippen LogP contribution in [0.15, 0.2) is 24.0 Å². The van der Waals surface area contributed by atoms with Crippen LogP contribution in [0.3, 0.4) is 0 Å². The van der Waals surface area contributed by atoms with Gasteiger partial charge in [0.2, 0.25) is 5.95 Å². The van der Waals surface area contributed by atoms with Gasteiger partial charge >= 0.3 is 0 Å². The molecule has 0 saturated heterocycles. The number of nitrogens with one attached hydrogen (secondary N) is 1. The number of rotatable bonds is 4. The van der Waals surface area contributed by atoms with Crippen molar-refractivity contribution in [3.8, 4) is 0 Å². The van der Waals surface area contributed by atoms with Gasteiger partial charge in [-0.15, -0.1) is 11.3 Å². The molecule has 1 N–H and O–H groups in total. The summed E-state index contributed by atoms with van der Waals surface area (Å²) in [6, 6.07) is 0.672. The van der Waals surface area contributed by atoms with Crippen molar-refractivity contribution in [1.29, 1.82) is 0 Å². The fraction of sp³-hybridized carbons (Fsp3) is 0.400. The average molecular weight is 220 g/mol. The van der Waals surface area contributed by atoms with Gasteiger partial charge in [-0.2, -0.15) is 0 Å². The lowest BCUT2D eigenvalue weighted by Gasteiger charge is -2.06. The molecule has 0 unspecified atom stereocenters. The largest absolute Gasteiger partial charge is 0.349 e. The van der Waals surface area contributed by atoms with Gasteiger partial charge in [-0.05, 0) is 12.8 Å². The van der Waals surface area contributed by atoms with Crippen LogP contribution in [0.4, 0.5) is 5.95 Å². The number of aromatic nitrogens is 3. The van der Waals surface area contributed by atoms with Crippen LogP contribution in [-0.4, -0.2) is 14.5 Å². The van der Waals surface area contributed by atoms with Gasteiger partial charge in [0.25, 0.3) is 0 Å². The van der Waals surface area contributed by atoms with Gasteiger partial charge in [0.05, 0.1) is 6.54 Å². The van der Waals surface area contributed by atoms with Crippen LogP contribution >= 0.6 is 11.3 Å². The van der Waals surface area contributed by atoms with Crippen LogP contribution in [0.2, 0.25) is 0 Å². The Balaban J connectivity index is 1.68. The smallest absolute Gasteiger partial charge is 0.203 e. The molecule has 3 rings (SSSR count). The Kier molecular flexibility index (Phi) is 2.17. The molecule has 1 fully saturated rings. The van der Waals surface area contributed by atoms with Crippen molar-refractivity contribution >= 4 is 17.3 Å². The van der Waals surface area contributed by atoms with E-state index in [1.165, 1.54) is 12.8 Å². The molecule has 0 aliphatic heterocycles. The Morgan fingerprint density at radius 3 is 3.07 bits per heavy atom. The van der Waals surface area contributed by atoms with Gasteiger partial charge in [0.1, 0.15) is 5.01 Å². The summed E-state index contributed by atoms with van der Waals surface area (Å²) in [5.74, 6) is 0.965. The van der Waals surface area contributed by atoms with Crippen molar-refractivity contribution < 1.29 is 0 Å². The normalized spacial score (nSPS) is 15.5. The molecule has 2 aromatic heterocycles. The van der Waals surface area contributed by atoms with Crippen molar-refractivity contribution in [2.24, 2.45) is 0 Å². The van der Waals surface area contributed by atoms with Gasteiger partial charge in [-0.1, -0.05) is 0 Å². The van der Waals surface area contributed by atoms with E-state index in [0.29, 0.717) is 6.04 Å². The van der Waals surface area contributed by atoms with Crippen LogP contribution in [0.25, 0.3) is 0 Å². The fourth-order valence-electron chi connectivity index (χ4n) is 1.59. The highest BCUT2D eigenvalue weighted by atomic mass is 32.1. The summed E-state index contributed by atoms with van der Waals surface area (Å²) in [6.45, 7) is 0.765. The first-order chi connectivity index (χ1) is 7.43. The van der Waals surface area contributed by atoms with Gasteiger partial charge in [0.15, 0.2) is 0 Å². The number of hydrogen-bond donors (Lipinski definition) is 1. The molecule has 1 aliphatic carbocycles. The Labute approximate surface area is 92.0 Å². The number of nitrogens with zero attached hydrogens (tertiary/aromatic N) is 3. The molecule has 0 bridgehead atoms. The van der Waals surface area contributed by atoms with E-state index in [4.69, 9.17) is 0 Å². The SMILES string of the molecule is c1csc(CNc2nccn2C2CC2)n1. The molecule has 15 heavy (non-hydrogen) atoms. The summed E-state index contributed by atoms with van der Waals surface area (Å²) in [6.07, 6.45) is 8.28. The number of imidazole rings is 1. The highest BCUT2D eigenvalue weighted by molar-refractivity contribution is 7.09. The Bertz CT molecular complexity index is 430. The van der Waals surface area contributed by atoms with E-state index in [1.54, 1.807) is 11.3 Å². The van der Waals surface area contributed by atoms with E-state index in [-0.39, 0.29) is 0 Å². The predicted octanol–water partition coefficient (Wildman–Crippen LogP) is 2.29. The van der Waals surface area contributed by atoms with Gasteiger partial charge in [0, 0.05) is 30.0 Å². The van der Waals surface area contributed by atoms with Crippen LogP contribution in [0.1, 0.15) is 23.9 Å². The highest BCUT2D eigenvalue weighted by Gasteiger charge is 2.25. The standard InChI is InChI=1S/C10H12N4S/c1-2-8(1)14-5-3-12-10(14)13-7-9-11-4-6-15-9/h3-6,8H,1-2,7H2,(H,12,13). The summed E-state index contributed by atoms with van der Waals surface area (Å²) < 4.78 is 2.22. The predicted molar refractivity (Wildman–Crippen MR) is 59.9 cm³/mol. The molecule has 78 valence electrons. The molecule has 2 aromatic rings. The van der Waals surface area contributed by atoms with E-state index >= 15 is 0 Å². The maximum atomic E-state index is 4.31. The van der Waals surface area contributed by atoms with Crippen molar-refractivity contribution in [2.45, 2.75) is 25.4 Å². The lowest BCUT2D eigenvalue weighted by molar-refractivity contribution is 0.743. The molecule has 2 heterocycles. The van der Waals surface area contributed by atoms with Crippen molar-refractivity contribution in [3.05, 3.63) is 29.0 Å². The third-order valence-electron chi connectivity index (χ3n) is 2.49. The molecule has 0 aromatic carbocycles. The topological polar surface area (TPSA) is 42.7 Å². The maximum Gasteiger partial charge on any atom is 0.203 e. The summed E-state index contributed by atoms with van der Waals surface area (Å²) in [7, 11) is 0. The number of hydrogen-bond acceptors (Lipinski definition) is 4. The molecule has 5 heteroatoms. The minimum absolute atomic E-state index is 0.672. The zero-order chi connectivity index (χ0) is 10.1. The second-order valence-corrected chi connectivity index (χ2v) is 4.65. The molecule has 1 aliphatic rings. The second kappa shape index (κ2) is 3.66. The third kappa shape index (κ3) is 1.87. The molecule has 0 radical (unpaired) electrons. The van der Waals surface area contributed by atoms with Crippen molar-refractivity contribution in [1.82, 2.24) is 14.5 Å². The molecular weight excluding hydrogens is 208 g/mol. The lowest BCUT2D eigenvalue weighted by atomic mass is 10.6. The quantitative estimate of drug-likeness (QED) is 0.859. The first kappa shape index (κ1) is 8.91. The minimum Gasteiger partial charge on any atom is -0.349 e. The van der Waals surface area contributed by atoms with E-state index < -0.39 is 0 Å². The minimum atomic E-state index is 0.672. The van der Waals surface area contributed by atoms with Crippen LogP contribution in [0.5, 0.6) is 0 Å². The molecule has 0 amide bonds. The van der Waals surface area contributed by atoms with E-state index in [0.717, 1.165) is 17.5 Å². The number of thiazole rings is 1. The molecule has 0 atom stereocenters. The molecule has 0 spiro atoms. The van der Waals surface area contributed by atoms with Crippen LogP contribution < -0.4 is 5.32 Å². The van der Waals surface area contributed by atoms with Crippen LogP contribution in [-0.2, 0) is 6.54 Å². The van der Waals surface area contributed by atoms with E-state index in [2.05, 4.69) is 19.9 Å². The maximum absolute atomic E-state index is 4.31. The molecule has 4 nitrogen and oxygen atoms in total. The lowest BCUT2D eigenvalue weighted by Crippen LogP contribution is -2.05. The summed E-state index contributed by atoms with van der Waals surface area (Å²) >= 11 is 1.66. The second-order valence-electron chi connectivity index (χ2n) is 3.67. The fourth-order valence-corrected chi connectivity index (χ4v) is 2.15. The first-order valence-electron chi connectivity index (χ1n) is 5.08. The summed E-state index contributed by atoms with van der Waals surface area (Å²) in [5, 5.41) is 6.40. The van der Waals surface area contributed by atoms with Crippen molar-refractivity contribution in [3.63, 3.8) is 0 Å². The monoisotopic (exact) mass is 220 g/mol. The van der Waals surface area contributed by atoms with E-state index in [9.17, 15) is 0 Å². The van der Waals surface area contributed by atoms with Gasteiger partial charge in [-0.25, -0.2) is 9.97 Å². The summed E-state index contributed by atoms with van der Waals surface area (Å²) in [5.41, 5.74) is 0. The highest BCUT2D eigenvalue weighted by Crippen LogP contribution is 2.36. The van der Waals surface area contributed by atoms with Crippen LogP contribution in [0, 0.1) is 0 Å². The summed E-state index contributed by atoms with van der Waals surface area (Å²) in [4.78, 5) is 8.53. The Morgan fingerprint density at radius 1 is 1.40 bits per heavy atom. The first-order valence-corrected chi connectivity index (χ1v) is 5.96. The third-order valence-corrected chi connectivity index (χ3v) is 3.27. The Hall–Kier alpha value is -1.36. The van der Waals surface area contributed by atoms with E-state index in [1.807, 2.05) is 24.0 Å². The average Bonchev–Trinajstić information content (AvgIpc) is 2.81. The van der Waals surface area contributed by atoms with Crippen molar-refractivity contribution in [2.75, 3.05) is 5.32 Å². The zero-order valence-corrected chi connectivity index (χ0v) is 9.07.